The Morgan fingerprint density at radius 2 is 1.62 bits per heavy atom. The first-order chi connectivity index (χ1) is 12.6. The number of aryl methyl sites for hydroxylation is 1. The second-order valence-corrected chi connectivity index (χ2v) is 6.46. The van der Waals surface area contributed by atoms with Crippen molar-refractivity contribution in [1.82, 2.24) is 0 Å². The third-order valence-electron chi connectivity index (χ3n) is 3.99. The Labute approximate surface area is 158 Å². The molecule has 3 heteroatoms. The van der Waals surface area contributed by atoms with E-state index in [4.69, 9.17) is 16.3 Å². The fourth-order valence-electron chi connectivity index (χ4n) is 2.49. The highest BCUT2D eigenvalue weighted by Gasteiger charge is 2.02. The number of rotatable bonds is 5. The molecule has 3 aromatic carbocycles. The quantitative estimate of drug-likeness (QED) is 0.396. The van der Waals surface area contributed by atoms with Crippen molar-refractivity contribution in [1.29, 1.82) is 5.26 Å². The molecule has 0 amide bonds. The van der Waals surface area contributed by atoms with Crippen LogP contribution in [0.1, 0.15) is 22.3 Å². The van der Waals surface area contributed by atoms with Crippen LogP contribution in [0.3, 0.4) is 0 Å². The van der Waals surface area contributed by atoms with Gasteiger partial charge >= 0.3 is 0 Å². The minimum atomic E-state index is 0.485. The molecule has 0 N–H and O–H groups in total. The third kappa shape index (κ3) is 4.75. The predicted octanol–water partition coefficient (Wildman–Crippen LogP) is 6.29. The SMILES string of the molecule is Cc1ccc(/C(C#N)=C\c2ccc(OCc3ccc(Cl)cc3)cc2)cc1. The molecule has 2 nitrogen and oxygen atoms in total. The van der Waals surface area contributed by atoms with Gasteiger partial charge in [0.05, 0.1) is 11.6 Å². The summed E-state index contributed by atoms with van der Waals surface area (Å²) in [4.78, 5) is 0. The first-order valence-electron chi connectivity index (χ1n) is 8.30. The smallest absolute Gasteiger partial charge is 0.119 e. The van der Waals surface area contributed by atoms with Crippen LogP contribution in [0.2, 0.25) is 5.02 Å². The average molecular weight is 360 g/mol. The zero-order valence-corrected chi connectivity index (χ0v) is 15.2. The third-order valence-corrected chi connectivity index (χ3v) is 4.24. The maximum absolute atomic E-state index is 9.44. The van der Waals surface area contributed by atoms with Gasteiger partial charge in [0.25, 0.3) is 0 Å². The van der Waals surface area contributed by atoms with E-state index in [9.17, 15) is 5.26 Å². The van der Waals surface area contributed by atoms with Crippen molar-refractivity contribution in [3.63, 3.8) is 0 Å². The Bertz CT molecular complexity index is 933. The molecule has 0 spiro atoms. The fourth-order valence-corrected chi connectivity index (χ4v) is 2.61. The monoisotopic (exact) mass is 359 g/mol. The first kappa shape index (κ1) is 17.8. The molecule has 0 fully saturated rings. The normalized spacial score (nSPS) is 11.0. The van der Waals surface area contributed by atoms with Crippen LogP contribution in [0, 0.1) is 18.3 Å². The number of hydrogen-bond donors (Lipinski definition) is 0. The zero-order valence-electron chi connectivity index (χ0n) is 14.4. The van der Waals surface area contributed by atoms with Gasteiger partial charge in [0.1, 0.15) is 12.4 Å². The highest BCUT2D eigenvalue weighted by atomic mass is 35.5. The lowest BCUT2D eigenvalue weighted by atomic mass is 10.0. The molecule has 128 valence electrons. The van der Waals surface area contributed by atoms with Gasteiger partial charge in [-0.15, -0.1) is 0 Å². The van der Waals surface area contributed by atoms with E-state index in [0.29, 0.717) is 17.2 Å². The van der Waals surface area contributed by atoms with Crippen molar-refractivity contribution in [3.8, 4) is 11.8 Å². The Balaban J connectivity index is 1.69. The second-order valence-electron chi connectivity index (χ2n) is 6.02. The van der Waals surface area contributed by atoms with Gasteiger partial charge in [0.15, 0.2) is 0 Å². The van der Waals surface area contributed by atoms with Crippen molar-refractivity contribution in [2.45, 2.75) is 13.5 Å². The summed E-state index contributed by atoms with van der Waals surface area (Å²) in [5, 5.41) is 10.2. The molecule has 0 aromatic heterocycles. The summed E-state index contributed by atoms with van der Waals surface area (Å²) < 4.78 is 5.79. The lowest BCUT2D eigenvalue weighted by molar-refractivity contribution is 0.306. The van der Waals surface area contributed by atoms with E-state index in [0.717, 1.165) is 22.4 Å². The molecular formula is C23H18ClNO. The van der Waals surface area contributed by atoms with Crippen LogP contribution < -0.4 is 4.74 Å². The van der Waals surface area contributed by atoms with Gasteiger partial charge in [0, 0.05) is 5.02 Å². The van der Waals surface area contributed by atoms with E-state index in [1.807, 2.05) is 85.8 Å². The Morgan fingerprint density at radius 1 is 0.962 bits per heavy atom. The van der Waals surface area contributed by atoms with Gasteiger partial charge in [-0.2, -0.15) is 5.26 Å². The second kappa shape index (κ2) is 8.38. The molecule has 3 aromatic rings. The van der Waals surface area contributed by atoms with Crippen LogP contribution in [-0.2, 0) is 6.61 Å². The lowest BCUT2D eigenvalue weighted by Crippen LogP contribution is -1.94. The maximum atomic E-state index is 9.44. The standard InChI is InChI=1S/C23H18ClNO/c1-17-2-8-20(9-3-17)21(15-25)14-18-6-12-23(13-7-18)26-16-19-4-10-22(24)11-5-19/h2-14H,16H2,1H3/b21-14-. The van der Waals surface area contributed by atoms with E-state index >= 15 is 0 Å². The van der Waals surface area contributed by atoms with E-state index in [1.165, 1.54) is 5.56 Å². The summed E-state index contributed by atoms with van der Waals surface area (Å²) >= 11 is 5.88. The number of nitriles is 1. The van der Waals surface area contributed by atoms with Gasteiger partial charge in [-0.05, 0) is 54.0 Å². The Hall–Kier alpha value is -3.02. The number of benzene rings is 3. The Kier molecular flexibility index (Phi) is 5.73. The van der Waals surface area contributed by atoms with Crippen LogP contribution in [0.4, 0.5) is 0 Å². The predicted molar refractivity (Wildman–Crippen MR) is 107 cm³/mol. The molecule has 0 saturated heterocycles. The van der Waals surface area contributed by atoms with Gasteiger partial charge in [-0.25, -0.2) is 0 Å². The minimum Gasteiger partial charge on any atom is -0.489 e. The summed E-state index contributed by atoms with van der Waals surface area (Å²) in [6.45, 7) is 2.52. The number of allylic oxidation sites excluding steroid dienone is 1. The summed E-state index contributed by atoms with van der Waals surface area (Å²) in [7, 11) is 0. The van der Waals surface area contributed by atoms with Gasteiger partial charge in [-0.3, -0.25) is 0 Å². The molecule has 0 aliphatic rings. The largest absolute Gasteiger partial charge is 0.489 e. The van der Waals surface area contributed by atoms with Gasteiger partial charge < -0.3 is 4.74 Å². The molecule has 0 unspecified atom stereocenters. The number of halogens is 1. The molecule has 0 heterocycles. The summed E-state index contributed by atoms with van der Waals surface area (Å²) in [5.41, 5.74) is 4.75. The fraction of sp³-hybridized carbons (Fsp3) is 0.0870. The molecule has 0 radical (unpaired) electrons. The molecule has 0 bridgehead atoms. The highest BCUT2D eigenvalue weighted by Crippen LogP contribution is 2.21. The van der Waals surface area contributed by atoms with Gasteiger partial charge in [-0.1, -0.05) is 65.7 Å². The van der Waals surface area contributed by atoms with Crippen molar-refractivity contribution in [2.24, 2.45) is 0 Å². The first-order valence-corrected chi connectivity index (χ1v) is 8.68. The Morgan fingerprint density at radius 3 is 2.23 bits per heavy atom. The number of ether oxygens (including phenoxy) is 1. The van der Waals surface area contributed by atoms with E-state index in [1.54, 1.807) is 0 Å². The van der Waals surface area contributed by atoms with E-state index in [-0.39, 0.29) is 0 Å². The topological polar surface area (TPSA) is 33.0 Å². The molecule has 0 aliphatic carbocycles. The van der Waals surface area contributed by atoms with E-state index in [2.05, 4.69) is 6.07 Å². The zero-order chi connectivity index (χ0) is 18.4. The van der Waals surface area contributed by atoms with Crippen LogP contribution in [-0.4, -0.2) is 0 Å². The summed E-state index contributed by atoms with van der Waals surface area (Å²) in [6.07, 6.45) is 1.88. The average Bonchev–Trinajstić information content (AvgIpc) is 2.67. The van der Waals surface area contributed by atoms with Gasteiger partial charge in [0.2, 0.25) is 0 Å². The maximum Gasteiger partial charge on any atom is 0.119 e. The number of hydrogen-bond acceptors (Lipinski definition) is 2. The number of nitrogens with zero attached hydrogens (tertiary/aromatic N) is 1. The van der Waals surface area contributed by atoms with Crippen molar-refractivity contribution in [3.05, 3.63) is 100 Å². The van der Waals surface area contributed by atoms with Crippen LogP contribution in [0.5, 0.6) is 5.75 Å². The summed E-state index contributed by atoms with van der Waals surface area (Å²) in [6, 6.07) is 25.5. The van der Waals surface area contributed by atoms with Crippen molar-refractivity contribution < 1.29 is 4.74 Å². The summed E-state index contributed by atoms with van der Waals surface area (Å²) in [5.74, 6) is 0.783. The lowest BCUT2D eigenvalue weighted by Gasteiger charge is -2.07. The van der Waals surface area contributed by atoms with Crippen LogP contribution >= 0.6 is 11.6 Å². The molecule has 0 saturated carbocycles. The molecule has 3 rings (SSSR count). The molecular weight excluding hydrogens is 342 g/mol. The molecule has 0 atom stereocenters. The van der Waals surface area contributed by atoms with Crippen LogP contribution in [0.15, 0.2) is 72.8 Å². The van der Waals surface area contributed by atoms with E-state index < -0.39 is 0 Å². The van der Waals surface area contributed by atoms with Crippen LogP contribution in [0.25, 0.3) is 11.6 Å². The van der Waals surface area contributed by atoms with Crippen molar-refractivity contribution in [2.75, 3.05) is 0 Å². The highest BCUT2D eigenvalue weighted by molar-refractivity contribution is 6.30. The van der Waals surface area contributed by atoms with Crippen molar-refractivity contribution >= 4 is 23.3 Å². The molecule has 26 heavy (non-hydrogen) atoms. The molecule has 0 aliphatic heterocycles. The minimum absolute atomic E-state index is 0.485.